The first-order chi connectivity index (χ1) is 10.2. The van der Waals surface area contributed by atoms with E-state index in [9.17, 15) is 0 Å². The average molecular weight is 284 g/mol. The van der Waals surface area contributed by atoms with Gasteiger partial charge in [0.25, 0.3) is 0 Å². The van der Waals surface area contributed by atoms with E-state index < -0.39 is 0 Å². The lowest BCUT2D eigenvalue weighted by Gasteiger charge is -2.21. The Labute approximate surface area is 127 Å². The van der Waals surface area contributed by atoms with Gasteiger partial charge in [-0.3, -0.25) is 0 Å². The molecule has 21 heavy (non-hydrogen) atoms. The van der Waals surface area contributed by atoms with Crippen molar-refractivity contribution >= 4 is 11.4 Å². The van der Waals surface area contributed by atoms with Gasteiger partial charge in [-0.05, 0) is 36.5 Å². The monoisotopic (exact) mass is 284 g/mol. The van der Waals surface area contributed by atoms with E-state index in [0.29, 0.717) is 25.9 Å². The number of hydrogen-bond donors (Lipinski definition) is 2. The molecule has 0 aromatic heterocycles. The lowest BCUT2D eigenvalue weighted by atomic mass is 9.96. The van der Waals surface area contributed by atoms with Crippen LogP contribution in [0.3, 0.4) is 0 Å². The van der Waals surface area contributed by atoms with Crippen LogP contribution in [0.15, 0.2) is 6.07 Å². The standard InChI is InChI=1S/C17H24N4/c1-4-14-12-13(3)16(20-10-6-8-18)15(5-2)17(14)21-11-7-9-19/h12,20-21H,4-7,10-11H2,1-3H3. The SMILES string of the molecule is CCc1cc(C)c(NCCC#N)c(CC)c1NCCC#N. The number of aryl methyl sites for hydroxylation is 2. The smallest absolute Gasteiger partial charge is 0.0640 e. The summed E-state index contributed by atoms with van der Waals surface area (Å²) in [5.74, 6) is 0. The minimum Gasteiger partial charge on any atom is -0.384 e. The Morgan fingerprint density at radius 1 is 0.952 bits per heavy atom. The van der Waals surface area contributed by atoms with Gasteiger partial charge in [-0.1, -0.05) is 19.9 Å². The summed E-state index contributed by atoms with van der Waals surface area (Å²) in [7, 11) is 0. The third-order valence-corrected chi connectivity index (χ3v) is 3.52. The highest BCUT2D eigenvalue weighted by Gasteiger charge is 2.14. The lowest BCUT2D eigenvalue weighted by molar-refractivity contribution is 1.01. The Morgan fingerprint density at radius 2 is 1.52 bits per heavy atom. The Balaban J connectivity index is 3.15. The van der Waals surface area contributed by atoms with Crippen molar-refractivity contribution in [2.75, 3.05) is 23.7 Å². The van der Waals surface area contributed by atoms with E-state index in [1.165, 1.54) is 16.7 Å². The van der Waals surface area contributed by atoms with E-state index in [0.717, 1.165) is 24.2 Å². The predicted molar refractivity (Wildman–Crippen MR) is 87.4 cm³/mol. The molecule has 1 aromatic rings. The first-order valence-electron chi connectivity index (χ1n) is 7.56. The van der Waals surface area contributed by atoms with Gasteiger partial charge in [0, 0.05) is 24.5 Å². The van der Waals surface area contributed by atoms with Crippen molar-refractivity contribution < 1.29 is 0 Å². The molecule has 112 valence electrons. The third kappa shape index (κ3) is 4.39. The van der Waals surface area contributed by atoms with Crippen LogP contribution in [0.4, 0.5) is 11.4 Å². The fraction of sp³-hybridized carbons (Fsp3) is 0.529. The Morgan fingerprint density at radius 3 is 2.00 bits per heavy atom. The summed E-state index contributed by atoms with van der Waals surface area (Å²) in [6, 6.07) is 6.52. The van der Waals surface area contributed by atoms with E-state index in [2.05, 4.69) is 49.6 Å². The molecule has 1 rings (SSSR count). The predicted octanol–water partition coefficient (Wildman–Crippen LogP) is 3.77. The van der Waals surface area contributed by atoms with E-state index in [1.54, 1.807) is 0 Å². The Hall–Kier alpha value is -2.20. The number of nitriles is 2. The van der Waals surface area contributed by atoms with Gasteiger partial charge >= 0.3 is 0 Å². The van der Waals surface area contributed by atoms with Gasteiger partial charge in [0.15, 0.2) is 0 Å². The van der Waals surface area contributed by atoms with E-state index in [4.69, 9.17) is 10.5 Å². The van der Waals surface area contributed by atoms with Crippen LogP contribution < -0.4 is 10.6 Å². The number of nitrogens with zero attached hydrogens (tertiary/aromatic N) is 2. The zero-order valence-corrected chi connectivity index (χ0v) is 13.2. The number of benzene rings is 1. The van der Waals surface area contributed by atoms with Crippen molar-refractivity contribution in [3.05, 3.63) is 22.8 Å². The summed E-state index contributed by atoms with van der Waals surface area (Å²) in [5.41, 5.74) is 6.04. The van der Waals surface area contributed by atoms with Crippen LogP contribution >= 0.6 is 0 Å². The van der Waals surface area contributed by atoms with E-state index in [-0.39, 0.29) is 0 Å². The van der Waals surface area contributed by atoms with E-state index in [1.807, 2.05) is 0 Å². The summed E-state index contributed by atoms with van der Waals surface area (Å²) in [4.78, 5) is 0. The fourth-order valence-corrected chi connectivity index (χ4v) is 2.55. The first kappa shape index (κ1) is 16.9. The summed E-state index contributed by atoms with van der Waals surface area (Å²) in [6.45, 7) is 7.71. The molecule has 0 saturated carbocycles. The lowest BCUT2D eigenvalue weighted by Crippen LogP contribution is -2.12. The molecule has 0 aliphatic heterocycles. The maximum atomic E-state index is 8.71. The van der Waals surface area contributed by atoms with Gasteiger partial charge in [0.2, 0.25) is 0 Å². The molecule has 0 bridgehead atoms. The molecule has 0 radical (unpaired) electrons. The van der Waals surface area contributed by atoms with Crippen LogP contribution in [0.25, 0.3) is 0 Å². The van der Waals surface area contributed by atoms with Crippen LogP contribution in [0.5, 0.6) is 0 Å². The molecule has 0 amide bonds. The van der Waals surface area contributed by atoms with Gasteiger partial charge < -0.3 is 10.6 Å². The van der Waals surface area contributed by atoms with Crippen molar-refractivity contribution in [2.45, 2.75) is 46.5 Å². The van der Waals surface area contributed by atoms with E-state index >= 15 is 0 Å². The Bertz CT molecular complexity index is 549. The minimum atomic E-state index is 0.495. The summed E-state index contributed by atoms with van der Waals surface area (Å²) < 4.78 is 0. The molecular formula is C17H24N4. The molecule has 0 atom stereocenters. The molecule has 0 unspecified atom stereocenters. The van der Waals surface area contributed by atoms with Crippen LogP contribution in [-0.4, -0.2) is 13.1 Å². The zero-order chi connectivity index (χ0) is 15.7. The second kappa shape index (κ2) is 8.87. The summed E-state index contributed by atoms with van der Waals surface area (Å²) in [5, 5.41) is 24.2. The van der Waals surface area contributed by atoms with Gasteiger partial charge in [0.1, 0.15) is 0 Å². The molecule has 0 fully saturated rings. The van der Waals surface area contributed by atoms with Gasteiger partial charge in [-0.15, -0.1) is 0 Å². The number of rotatable bonds is 8. The van der Waals surface area contributed by atoms with Crippen molar-refractivity contribution in [1.82, 2.24) is 0 Å². The zero-order valence-electron chi connectivity index (χ0n) is 13.2. The maximum absolute atomic E-state index is 8.71. The number of anilines is 2. The molecule has 2 N–H and O–H groups in total. The fourth-order valence-electron chi connectivity index (χ4n) is 2.55. The second-order valence-corrected chi connectivity index (χ2v) is 4.96. The molecule has 4 nitrogen and oxygen atoms in total. The largest absolute Gasteiger partial charge is 0.384 e. The molecule has 0 saturated heterocycles. The Kier molecular flexibility index (Phi) is 7.12. The quantitative estimate of drug-likeness (QED) is 0.713. The van der Waals surface area contributed by atoms with Crippen LogP contribution in [-0.2, 0) is 12.8 Å². The normalized spacial score (nSPS) is 9.76. The topological polar surface area (TPSA) is 71.6 Å². The second-order valence-electron chi connectivity index (χ2n) is 4.96. The molecule has 0 aliphatic rings. The van der Waals surface area contributed by atoms with Crippen molar-refractivity contribution in [1.29, 1.82) is 10.5 Å². The van der Waals surface area contributed by atoms with Crippen molar-refractivity contribution in [3.63, 3.8) is 0 Å². The highest BCUT2D eigenvalue weighted by molar-refractivity contribution is 5.72. The van der Waals surface area contributed by atoms with Crippen molar-refractivity contribution in [3.8, 4) is 12.1 Å². The molecule has 4 heteroatoms. The highest BCUT2D eigenvalue weighted by atomic mass is 14.9. The number of hydrogen-bond acceptors (Lipinski definition) is 4. The third-order valence-electron chi connectivity index (χ3n) is 3.52. The highest BCUT2D eigenvalue weighted by Crippen LogP contribution is 2.33. The summed E-state index contributed by atoms with van der Waals surface area (Å²) in [6.07, 6.45) is 2.87. The van der Waals surface area contributed by atoms with Gasteiger partial charge in [-0.2, -0.15) is 10.5 Å². The average Bonchev–Trinajstić information content (AvgIpc) is 2.49. The number of nitrogens with one attached hydrogen (secondary N) is 2. The molecule has 1 aromatic carbocycles. The van der Waals surface area contributed by atoms with Crippen molar-refractivity contribution in [2.24, 2.45) is 0 Å². The van der Waals surface area contributed by atoms with Gasteiger partial charge in [0.05, 0.1) is 25.0 Å². The van der Waals surface area contributed by atoms with Gasteiger partial charge in [-0.25, -0.2) is 0 Å². The van der Waals surface area contributed by atoms with Crippen LogP contribution in [0, 0.1) is 29.6 Å². The van der Waals surface area contributed by atoms with Crippen LogP contribution in [0.1, 0.15) is 43.4 Å². The molecule has 0 heterocycles. The molecular weight excluding hydrogens is 260 g/mol. The first-order valence-corrected chi connectivity index (χ1v) is 7.56. The summed E-state index contributed by atoms with van der Waals surface area (Å²) >= 11 is 0. The molecule has 0 aliphatic carbocycles. The maximum Gasteiger partial charge on any atom is 0.0640 e. The molecule has 0 spiro atoms. The minimum absolute atomic E-state index is 0.495. The van der Waals surface area contributed by atoms with Crippen LogP contribution in [0.2, 0.25) is 0 Å².